The van der Waals surface area contributed by atoms with Gasteiger partial charge in [-0.1, -0.05) is 24.3 Å². The quantitative estimate of drug-likeness (QED) is 0.872. The maximum Gasteiger partial charge on any atom is 0.223 e. The van der Waals surface area contributed by atoms with Crippen molar-refractivity contribution >= 4 is 18.3 Å². The number of carbonyl (C=O) groups excluding carboxylic acids is 1. The molecule has 112 valence electrons. The van der Waals surface area contributed by atoms with Gasteiger partial charge in [0, 0.05) is 19.6 Å². The Kier molecular flexibility index (Phi) is 7.59. The summed E-state index contributed by atoms with van der Waals surface area (Å²) in [6.45, 7) is 3.05. The van der Waals surface area contributed by atoms with Crippen LogP contribution in [-0.2, 0) is 22.7 Å². The van der Waals surface area contributed by atoms with Crippen molar-refractivity contribution in [3.05, 3.63) is 35.4 Å². The van der Waals surface area contributed by atoms with E-state index in [1.165, 1.54) is 0 Å². The summed E-state index contributed by atoms with van der Waals surface area (Å²) in [5, 5.41) is 6.32. The van der Waals surface area contributed by atoms with Crippen LogP contribution >= 0.6 is 12.4 Å². The minimum atomic E-state index is 0. The first-order valence-corrected chi connectivity index (χ1v) is 6.85. The van der Waals surface area contributed by atoms with E-state index in [0.717, 1.165) is 37.1 Å². The maximum absolute atomic E-state index is 12.1. The summed E-state index contributed by atoms with van der Waals surface area (Å²) in [6, 6.07) is 8.06. The van der Waals surface area contributed by atoms with Gasteiger partial charge in [0.25, 0.3) is 0 Å². The molecule has 1 saturated heterocycles. The van der Waals surface area contributed by atoms with Crippen molar-refractivity contribution < 1.29 is 9.53 Å². The van der Waals surface area contributed by atoms with E-state index in [2.05, 4.69) is 10.6 Å². The van der Waals surface area contributed by atoms with E-state index in [4.69, 9.17) is 4.74 Å². The Morgan fingerprint density at radius 1 is 1.30 bits per heavy atom. The average molecular weight is 299 g/mol. The molecule has 0 atom stereocenters. The van der Waals surface area contributed by atoms with E-state index in [1.54, 1.807) is 7.11 Å². The van der Waals surface area contributed by atoms with Gasteiger partial charge in [-0.15, -0.1) is 12.4 Å². The fourth-order valence-corrected chi connectivity index (χ4v) is 2.44. The normalized spacial score (nSPS) is 15.4. The second-order valence-electron chi connectivity index (χ2n) is 4.94. The molecule has 1 aromatic carbocycles. The molecule has 1 aliphatic heterocycles. The van der Waals surface area contributed by atoms with Gasteiger partial charge >= 0.3 is 0 Å². The molecule has 1 fully saturated rings. The average Bonchev–Trinajstić information content (AvgIpc) is 2.47. The Balaban J connectivity index is 0.00000200. The van der Waals surface area contributed by atoms with Gasteiger partial charge in [-0.3, -0.25) is 4.79 Å². The molecule has 1 aromatic rings. The van der Waals surface area contributed by atoms with Crippen molar-refractivity contribution in [1.82, 2.24) is 10.6 Å². The van der Waals surface area contributed by atoms with Gasteiger partial charge in [0.05, 0.1) is 6.61 Å². The van der Waals surface area contributed by atoms with E-state index >= 15 is 0 Å². The molecule has 1 amide bonds. The number of nitrogens with one attached hydrogen (secondary N) is 2. The van der Waals surface area contributed by atoms with E-state index in [0.29, 0.717) is 13.2 Å². The number of amides is 1. The standard InChI is InChI=1S/C15H22N2O2.ClH/c1-19-11-14-5-3-2-4-13(14)10-17-15(18)12-6-8-16-9-7-12;/h2-5,12,16H,6-11H2,1H3,(H,17,18);1H. The Morgan fingerprint density at radius 3 is 2.60 bits per heavy atom. The summed E-state index contributed by atoms with van der Waals surface area (Å²) >= 11 is 0. The van der Waals surface area contributed by atoms with Gasteiger partial charge in [0.2, 0.25) is 5.91 Å². The van der Waals surface area contributed by atoms with Gasteiger partial charge in [0.15, 0.2) is 0 Å². The second kappa shape index (κ2) is 8.95. The molecule has 0 spiro atoms. The van der Waals surface area contributed by atoms with Gasteiger partial charge < -0.3 is 15.4 Å². The minimum absolute atomic E-state index is 0. The summed E-state index contributed by atoms with van der Waals surface area (Å²) in [5.41, 5.74) is 2.27. The molecule has 20 heavy (non-hydrogen) atoms. The summed E-state index contributed by atoms with van der Waals surface area (Å²) < 4.78 is 5.17. The summed E-state index contributed by atoms with van der Waals surface area (Å²) in [4.78, 5) is 12.1. The van der Waals surface area contributed by atoms with Crippen LogP contribution in [0.25, 0.3) is 0 Å². The molecule has 0 radical (unpaired) electrons. The monoisotopic (exact) mass is 298 g/mol. The lowest BCUT2D eigenvalue weighted by atomic mass is 9.97. The number of hydrogen-bond acceptors (Lipinski definition) is 3. The molecule has 0 saturated carbocycles. The number of halogens is 1. The Labute approximate surface area is 126 Å². The van der Waals surface area contributed by atoms with Crippen molar-refractivity contribution in [2.75, 3.05) is 20.2 Å². The number of hydrogen-bond donors (Lipinski definition) is 2. The van der Waals surface area contributed by atoms with Gasteiger partial charge in [0.1, 0.15) is 0 Å². The molecule has 2 rings (SSSR count). The van der Waals surface area contributed by atoms with E-state index in [1.807, 2.05) is 24.3 Å². The highest BCUT2D eigenvalue weighted by Crippen LogP contribution is 2.13. The van der Waals surface area contributed by atoms with Gasteiger partial charge in [-0.2, -0.15) is 0 Å². The largest absolute Gasteiger partial charge is 0.380 e. The zero-order valence-electron chi connectivity index (χ0n) is 11.9. The Bertz CT molecular complexity index is 420. The summed E-state index contributed by atoms with van der Waals surface area (Å²) in [6.07, 6.45) is 1.87. The number of carbonyl (C=O) groups is 1. The van der Waals surface area contributed by atoms with Crippen molar-refractivity contribution in [3.63, 3.8) is 0 Å². The first-order chi connectivity index (χ1) is 9.31. The molecule has 0 bridgehead atoms. The molecular formula is C15H23ClN2O2. The number of piperidine rings is 1. The van der Waals surface area contributed by atoms with Crippen LogP contribution in [-0.4, -0.2) is 26.1 Å². The van der Waals surface area contributed by atoms with Crippen molar-refractivity contribution in [3.8, 4) is 0 Å². The van der Waals surface area contributed by atoms with Crippen molar-refractivity contribution in [2.45, 2.75) is 26.0 Å². The number of rotatable bonds is 5. The minimum Gasteiger partial charge on any atom is -0.380 e. The summed E-state index contributed by atoms with van der Waals surface area (Å²) in [5.74, 6) is 0.338. The van der Waals surface area contributed by atoms with Crippen LogP contribution in [0.5, 0.6) is 0 Å². The molecule has 0 aliphatic carbocycles. The second-order valence-corrected chi connectivity index (χ2v) is 4.94. The highest BCUT2D eigenvalue weighted by molar-refractivity contribution is 5.85. The van der Waals surface area contributed by atoms with Crippen molar-refractivity contribution in [1.29, 1.82) is 0 Å². The highest BCUT2D eigenvalue weighted by atomic mass is 35.5. The molecular weight excluding hydrogens is 276 g/mol. The van der Waals surface area contributed by atoms with Crippen LogP contribution in [0, 0.1) is 5.92 Å². The molecule has 0 aromatic heterocycles. The first-order valence-electron chi connectivity index (χ1n) is 6.85. The number of methoxy groups -OCH3 is 1. The van der Waals surface area contributed by atoms with Crippen LogP contribution < -0.4 is 10.6 Å². The SMILES string of the molecule is COCc1ccccc1CNC(=O)C1CCNCC1.Cl. The summed E-state index contributed by atoms with van der Waals surface area (Å²) in [7, 11) is 1.68. The van der Waals surface area contributed by atoms with E-state index < -0.39 is 0 Å². The topological polar surface area (TPSA) is 50.4 Å². The predicted molar refractivity (Wildman–Crippen MR) is 81.8 cm³/mol. The predicted octanol–water partition coefficient (Wildman–Crippen LogP) is 1.87. The third-order valence-corrected chi connectivity index (χ3v) is 3.58. The Morgan fingerprint density at radius 2 is 1.95 bits per heavy atom. The van der Waals surface area contributed by atoms with Gasteiger partial charge in [-0.25, -0.2) is 0 Å². The first kappa shape index (κ1) is 17.0. The maximum atomic E-state index is 12.1. The lowest BCUT2D eigenvalue weighted by Crippen LogP contribution is -2.38. The third kappa shape index (κ3) is 4.78. The van der Waals surface area contributed by atoms with Crippen molar-refractivity contribution in [2.24, 2.45) is 5.92 Å². The van der Waals surface area contributed by atoms with Crippen LogP contribution in [0.1, 0.15) is 24.0 Å². The Hall–Kier alpha value is -1.10. The molecule has 5 heteroatoms. The highest BCUT2D eigenvalue weighted by Gasteiger charge is 2.20. The molecule has 2 N–H and O–H groups in total. The fourth-order valence-electron chi connectivity index (χ4n) is 2.44. The number of ether oxygens (including phenoxy) is 1. The third-order valence-electron chi connectivity index (χ3n) is 3.58. The van der Waals surface area contributed by atoms with E-state index in [-0.39, 0.29) is 24.2 Å². The lowest BCUT2D eigenvalue weighted by molar-refractivity contribution is -0.125. The smallest absolute Gasteiger partial charge is 0.223 e. The molecule has 0 unspecified atom stereocenters. The molecule has 1 aliphatic rings. The van der Waals surface area contributed by atoms with Crippen LogP contribution in [0.15, 0.2) is 24.3 Å². The zero-order valence-corrected chi connectivity index (χ0v) is 12.7. The molecule has 4 nitrogen and oxygen atoms in total. The zero-order chi connectivity index (χ0) is 13.5. The van der Waals surface area contributed by atoms with Crippen LogP contribution in [0.4, 0.5) is 0 Å². The fraction of sp³-hybridized carbons (Fsp3) is 0.533. The van der Waals surface area contributed by atoms with E-state index in [9.17, 15) is 4.79 Å². The lowest BCUT2D eigenvalue weighted by Gasteiger charge is -2.22. The van der Waals surface area contributed by atoms with Gasteiger partial charge in [-0.05, 0) is 37.1 Å². The number of benzene rings is 1. The van der Waals surface area contributed by atoms with Crippen LogP contribution in [0.3, 0.4) is 0 Å². The van der Waals surface area contributed by atoms with Crippen LogP contribution in [0.2, 0.25) is 0 Å². The molecule has 1 heterocycles.